The molecule has 1 atom stereocenters. The summed E-state index contributed by atoms with van der Waals surface area (Å²) < 4.78 is 6.45. The normalized spacial score (nSPS) is 18.5. The van der Waals surface area contributed by atoms with Crippen LogP contribution in [0.4, 0.5) is 11.5 Å². The molecule has 1 amide bonds. The van der Waals surface area contributed by atoms with Gasteiger partial charge in [-0.15, -0.1) is 0 Å². The Morgan fingerprint density at radius 2 is 1.97 bits per heavy atom. The number of amides is 1. The predicted molar refractivity (Wildman–Crippen MR) is 136 cm³/mol. The number of imidazole rings is 1. The molecule has 0 bridgehead atoms. The van der Waals surface area contributed by atoms with Crippen molar-refractivity contribution in [2.45, 2.75) is 25.8 Å². The molecule has 180 valence electrons. The molecule has 2 fully saturated rings. The van der Waals surface area contributed by atoms with Crippen molar-refractivity contribution in [1.82, 2.24) is 24.8 Å². The molecule has 2 aromatic heterocycles. The summed E-state index contributed by atoms with van der Waals surface area (Å²) in [6.45, 7) is 6.35. The third-order valence-electron chi connectivity index (χ3n) is 7.19. The average Bonchev–Trinajstić information content (AvgIpc) is 3.56. The van der Waals surface area contributed by atoms with Crippen LogP contribution in [-0.2, 0) is 4.79 Å². The number of ether oxygens (including phenoxy) is 1. The van der Waals surface area contributed by atoms with Crippen LogP contribution >= 0.6 is 0 Å². The molecule has 0 spiro atoms. The minimum atomic E-state index is 0.148. The molecule has 0 unspecified atom stereocenters. The first-order valence-corrected chi connectivity index (χ1v) is 12.2. The van der Waals surface area contributed by atoms with Crippen LogP contribution in [0.1, 0.15) is 19.8 Å². The zero-order valence-corrected chi connectivity index (χ0v) is 19.9. The fourth-order valence-corrected chi connectivity index (χ4v) is 5.27. The molecule has 2 aliphatic heterocycles. The van der Waals surface area contributed by atoms with E-state index in [4.69, 9.17) is 4.74 Å². The van der Waals surface area contributed by atoms with Crippen LogP contribution < -0.4 is 14.5 Å². The van der Waals surface area contributed by atoms with Gasteiger partial charge in [0.1, 0.15) is 24.2 Å². The molecule has 2 aliphatic rings. The van der Waals surface area contributed by atoms with E-state index < -0.39 is 0 Å². The molecular weight excluding hydrogens is 442 g/mol. The summed E-state index contributed by atoms with van der Waals surface area (Å²) in [7, 11) is 0. The number of hydrogen-bond acceptors (Lipinski definition) is 7. The minimum absolute atomic E-state index is 0.148. The maximum Gasteiger partial charge on any atom is 0.219 e. The number of aromatic amines is 1. The first-order chi connectivity index (χ1) is 17.2. The lowest BCUT2D eigenvalue weighted by Crippen LogP contribution is -2.48. The SMILES string of the molecule is CC(=O)N1CCN(c2ccc3cccc(OC[C@H]4CCCN4c4ncnc5[nH]cnc45)c3c2)CC1. The second kappa shape index (κ2) is 9.05. The van der Waals surface area contributed by atoms with E-state index in [1.54, 1.807) is 19.6 Å². The van der Waals surface area contributed by atoms with Crippen molar-refractivity contribution in [2.75, 3.05) is 49.1 Å². The Hall–Kier alpha value is -3.88. The molecular formula is C26H29N7O2. The number of anilines is 2. The number of piperazine rings is 1. The third-order valence-corrected chi connectivity index (χ3v) is 7.19. The summed E-state index contributed by atoms with van der Waals surface area (Å²) in [5.74, 6) is 1.91. The van der Waals surface area contributed by atoms with Gasteiger partial charge >= 0.3 is 0 Å². The van der Waals surface area contributed by atoms with Crippen molar-refractivity contribution in [1.29, 1.82) is 0 Å². The van der Waals surface area contributed by atoms with E-state index in [-0.39, 0.29) is 11.9 Å². The number of fused-ring (bicyclic) bond motifs is 2. The van der Waals surface area contributed by atoms with Gasteiger partial charge in [-0.3, -0.25) is 4.79 Å². The van der Waals surface area contributed by atoms with Crippen LogP contribution in [0.3, 0.4) is 0 Å². The Balaban J connectivity index is 1.21. The summed E-state index contributed by atoms with van der Waals surface area (Å²) in [6.07, 6.45) is 5.40. The van der Waals surface area contributed by atoms with E-state index in [1.807, 2.05) is 11.0 Å². The second-order valence-corrected chi connectivity index (χ2v) is 9.25. The number of carbonyl (C=O) groups excluding carboxylic acids is 1. The topological polar surface area (TPSA) is 90.5 Å². The van der Waals surface area contributed by atoms with Gasteiger partial charge in [-0.25, -0.2) is 15.0 Å². The van der Waals surface area contributed by atoms with Gasteiger partial charge in [0.05, 0.1) is 12.4 Å². The largest absolute Gasteiger partial charge is 0.491 e. The Bertz CT molecular complexity index is 1360. The maximum atomic E-state index is 11.7. The van der Waals surface area contributed by atoms with E-state index >= 15 is 0 Å². The van der Waals surface area contributed by atoms with Gasteiger partial charge in [0.15, 0.2) is 11.5 Å². The van der Waals surface area contributed by atoms with Gasteiger partial charge in [-0.2, -0.15) is 0 Å². The number of nitrogens with one attached hydrogen (secondary N) is 1. The Morgan fingerprint density at radius 1 is 1.09 bits per heavy atom. The molecule has 6 rings (SSSR count). The Kier molecular flexibility index (Phi) is 5.60. The summed E-state index contributed by atoms with van der Waals surface area (Å²) in [5, 5.41) is 2.27. The van der Waals surface area contributed by atoms with Crippen molar-refractivity contribution in [2.24, 2.45) is 0 Å². The van der Waals surface area contributed by atoms with Crippen LogP contribution in [-0.4, -0.2) is 76.1 Å². The number of nitrogens with zero attached hydrogens (tertiary/aromatic N) is 6. The van der Waals surface area contributed by atoms with Crippen molar-refractivity contribution < 1.29 is 9.53 Å². The smallest absolute Gasteiger partial charge is 0.219 e. The number of benzene rings is 2. The predicted octanol–water partition coefficient (Wildman–Crippen LogP) is 3.22. The van der Waals surface area contributed by atoms with Crippen molar-refractivity contribution in [3.8, 4) is 5.75 Å². The second-order valence-electron chi connectivity index (χ2n) is 9.25. The highest BCUT2D eigenvalue weighted by molar-refractivity contribution is 5.91. The van der Waals surface area contributed by atoms with Crippen LogP contribution in [0.5, 0.6) is 5.75 Å². The van der Waals surface area contributed by atoms with E-state index in [9.17, 15) is 4.79 Å². The lowest BCUT2D eigenvalue weighted by Gasteiger charge is -2.35. The van der Waals surface area contributed by atoms with E-state index in [0.717, 1.165) is 79.1 Å². The Labute approximate surface area is 203 Å². The highest BCUT2D eigenvalue weighted by atomic mass is 16.5. The van der Waals surface area contributed by atoms with Gasteiger partial charge in [-0.05, 0) is 36.4 Å². The van der Waals surface area contributed by atoms with E-state index in [2.05, 4.69) is 60.1 Å². The zero-order valence-electron chi connectivity index (χ0n) is 19.9. The third kappa shape index (κ3) is 4.11. The summed E-state index contributed by atoms with van der Waals surface area (Å²) in [4.78, 5) is 34.6. The van der Waals surface area contributed by atoms with E-state index in [0.29, 0.717) is 6.61 Å². The minimum Gasteiger partial charge on any atom is -0.491 e. The number of hydrogen-bond donors (Lipinski definition) is 1. The van der Waals surface area contributed by atoms with Crippen LogP contribution in [0.15, 0.2) is 49.1 Å². The van der Waals surface area contributed by atoms with Crippen LogP contribution in [0.25, 0.3) is 21.9 Å². The zero-order chi connectivity index (χ0) is 23.8. The first kappa shape index (κ1) is 21.6. The Morgan fingerprint density at radius 3 is 2.83 bits per heavy atom. The summed E-state index contributed by atoms with van der Waals surface area (Å²) in [6, 6.07) is 13.0. The number of aromatic nitrogens is 4. The molecule has 0 radical (unpaired) electrons. The standard InChI is InChI=1S/C26H29N7O2/c1-18(34)31-10-12-32(13-11-31)20-8-7-19-4-2-6-23(22(19)14-20)35-15-21-5-3-9-33(21)26-24-25(28-16-27-24)29-17-30-26/h2,4,6-8,14,16-17,21H,3,5,9-13,15H2,1H3,(H,27,28,29,30)/t21-/m1/s1. The molecule has 9 nitrogen and oxygen atoms in total. The fraction of sp³-hybridized carbons (Fsp3) is 0.385. The fourth-order valence-electron chi connectivity index (χ4n) is 5.27. The number of H-pyrrole nitrogens is 1. The maximum absolute atomic E-state index is 11.7. The molecule has 1 N–H and O–H groups in total. The lowest BCUT2D eigenvalue weighted by atomic mass is 10.1. The molecule has 0 saturated carbocycles. The molecule has 2 saturated heterocycles. The van der Waals surface area contributed by atoms with Gasteiger partial charge in [-0.1, -0.05) is 18.2 Å². The number of rotatable bonds is 5. The molecule has 4 heterocycles. The van der Waals surface area contributed by atoms with Gasteiger partial charge in [0.25, 0.3) is 0 Å². The summed E-state index contributed by atoms with van der Waals surface area (Å²) >= 11 is 0. The van der Waals surface area contributed by atoms with Crippen molar-refractivity contribution in [3.05, 3.63) is 49.1 Å². The van der Waals surface area contributed by atoms with Gasteiger partial charge < -0.3 is 24.4 Å². The van der Waals surface area contributed by atoms with Crippen LogP contribution in [0, 0.1) is 0 Å². The highest BCUT2D eigenvalue weighted by Crippen LogP contribution is 2.32. The molecule has 4 aromatic rings. The van der Waals surface area contributed by atoms with Gasteiger partial charge in [0, 0.05) is 50.7 Å². The molecule has 0 aliphatic carbocycles. The first-order valence-electron chi connectivity index (χ1n) is 12.2. The molecule has 2 aromatic carbocycles. The van der Waals surface area contributed by atoms with Gasteiger partial charge in [0.2, 0.25) is 5.91 Å². The quantitative estimate of drug-likeness (QED) is 0.478. The average molecular weight is 472 g/mol. The summed E-state index contributed by atoms with van der Waals surface area (Å²) in [5.41, 5.74) is 2.73. The van der Waals surface area contributed by atoms with Crippen molar-refractivity contribution in [3.63, 3.8) is 0 Å². The van der Waals surface area contributed by atoms with Crippen molar-refractivity contribution >= 4 is 39.3 Å². The number of carbonyl (C=O) groups is 1. The highest BCUT2D eigenvalue weighted by Gasteiger charge is 2.28. The molecule has 35 heavy (non-hydrogen) atoms. The monoisotopic (exact) mass is 471 g/mol. The lowest BCUT2D eigenvalue weighted by molar-refractivity contribution is -0.129. The molecule has 9 heteroatoms. The van der Waals surface area contributed by atoms with Crippen LogP contribution in [0.2, 0.25) is 0 Å². The van der Waals surface area contributed by atoms with E-state index in [1.165, 1.54) is 5.69 Å².